The number of fused-ring (bicyclic) bond motifs is 6. The molecule has 0 fully saturated rings. The minimum atomic E-state index is -0.196. The van der Waals surface area contributed by atoms with Crippen molar-refractivity contribution in [2.75, 3.05) is 7.05 Å². The van der Waals surface area contributed by atoms with Crippen LogP contribution in [0.5, 0.6) is 5.75 Å². The molecule has 1 aliphatic heterocycles. The summed E-state index contributed by atoms with van der Waals surface area (Å²) in [4.78, 5) is 5.34. The van der Waals surface area contributed by atoms with Crippen molar-refractivity contribution < 1.29 is 5.11 Å². The molecule has 54 heavy (non-hydrogen) atoms. The topological polar surface area (TPSA) is 44.0 Å². The average Bonchev–Trinajstić information content (AvgIpc) is 3.79. The predicted octanol–water partition coefficient (Wildman–Crippen LogP) is 11.4. The van der Waals surface area contributed by atoms with Crippen molar-refractivity contribution in [3.63, 3.8) is 0 Å². The van der Waals surface area contributed by atoms with Crippen molar-refractivity contribution in [2.45, 2.75) is 32.1 Å². The van der Waals surface area contributed by atoms with Crippen LogP contribution in [0.3, 0.4) is 0 Å². The number of amidine groups is 1. The van der Waals surface area contributed by atoms with E-state index in [0.29, 0.717) is 12.4 Å². The SMILES string of the molecule is CN1C(c2ccccc2)N=C(c2ccccc2)N1Cn1c2ccccc2c2cc3c(cc21)-c1ccc(-c2cccc(-c4ccccc4O)c2)cc1C3(C)C. The number of aromatic nitrogens is 1. The Hall–Kier alpha value is -6.43. The Morgan fingerprint density at radius 3 is 2.04 bits per heavy atom. The molecule has 7 aromatic carbocycles. The summed E-state index contributed by atoms with van der Waals surface area (Å²) in [6, 6.07) is 57.8. The first-order valence-corrected chi connectivity index (χ1v) is 18.6. The van der Waals surface area contributed by atoms with Gasteiger partial charge in [-0.15, -0.1) is 0 Å². The summed E-state index contributed by atoms with van der Waals surface area (Å²) in [5, 5.41) is 17.7. The van der Waals surface area contributed by atoms with Crippen LogP contribution in [0, 0.1) is 0 Å². The van der Waals surface area contributed by atoms with Crippen molar-refractivity contribution in [1.29, 1.82) is 0 Å². The molecule has 5 heteroatoms. The van der Waals surface area contributed by atoms with Crippen LogP contribution in [0.15, 0.2) is 169 Å². The second-order valence-corrected chi connectivity index (χ2v) is 15.1. The Labute approximate surface area is 315 Å². The van der Waals surface area contributed by atoms with Crippen molar-refractivity contribution in [2.24, 2.45) is 4.99 Å². The van der Waals surface area contributed by atoms with E-state index >= 15 is 0 Å². The summed E-state index contributed by atoms with van der Waals surface area (Å²) in [7, 11) is 2.15. The molecule has 0 spiro atoms. The van der Waals surface area contributed by atoms with E-state index < -0.39 is 0 Å². The number of phenolic OH excluding ortho intramolecular Hbond substituents is 1. The number of benzene rings is 7. The standard InChI is InChI=1S/C49H40N4O/c1-49(2)42-28-35(34-19-14-20-36(27-34)37-21-11-13-24-46(37)54)25-26-38(42)40-30-45-41(29-43(40)49)39-22-10-12-23-44(39)52(45)31-53-48(33-17-8-5-9-18-33)50-47(51(53)3)32-15-6-4-7-16-32/h4-30,47,54H,31H2,1-3H3. The van der Waals surface area contributed by atoms with E-state index in [1.807, 2.05) is 18.2 Å². The van der Waals surface area contributed by atoms with Gasteiger partial charge >= 0.3 is 0 Å². The van der Waals surface area contributed by atoms with Crippen LogP contribution in [-0.4, -0.2) is 32.6 Å². The zero-order chi connectivity index (χ0) is 36.6. The highest BCUT2D eigenvalue weighted by atomic mass is 16.3. The Kier molecular flexibility index (Phi) is 7.36. The molecule has 0 radical (unpaired) electrons. The summed E-state index contributed by atoms with van der Waals surface area (Å²) in [5.41, 5.74) is 13.9. The van der Waals surface area contributed by atoms with Gasteiger partial charge in [-0.25, -0.2) is 4.99 Å². The zero-order valence-electron chi connectivity index (χ0n) is 30.6. The number of phenols is 1. The first-order valence-electron chi connectivity index (χ1n) is 18.6. The van der Waals surface area contributed by atoms with Gasteiger partial charge in [0.25, 0.3) is 0 Å². The lowest BCUT2D eigenvalue weighted by Crippen LogP contribution is -2.41. The van der Waals surface area contributed by atoms with Crippen LogP contribution in [-0.2, 0) is 12.1 Å². The molecular formula is C49H40N4O. The fourth-order valence-electron chi connectivity index (χ4n) is 8.77. The molecular weight excluding hydrogens is 661 g/mol. The lowest BCUT2D eigenvalue weighted by Gasteiger charge is -2.31. The quantitative estimate of drug-likeness (QED) is 0.188. The van der Waals surface area contributed by atoms with Gasteiger partial charge in [-0.3, -0.25) is 5.01 Å². The van der Waals surface area contributed by atoms with Gasteiger partial charge in [0.15, 0.2) is 0 Å². The van der Waals surface area contributed by atoms with Crippen LogP contribution >= 0.6 is 0 Å². The Morgan fingerprint density at radius 2 is 1.22 bits per heavy atom. The smallest absolute Gasteiger partial charge is 0.149 e. The Bertz CT molecular complexity index is 2760. The second kappa shape index (κ2) is 12.3. The summed E-state index contributed by atoms with van der Waals surface area (Å²) >= 11 is 0. The van der Waals surface area contributed by atoms with E-state index in [9.17, 15) is 5.11 Å². The van der Waals surface area contributed by atoms with E-state index in [1.165, 1.54) is 55.2 Å². The molecule has 2 aliphatic rings. The van der Waals surface area contributed by atoms with Crippen molar-refractivity contribution in [1.82, 2.24) is 14.6 Å². The number of hydrazine groups is 1. The number of hydrogen-bond acceptors (Lipinski definition) is 4. The summed E-state index contributed by atoms with van der Waals surface area (Å²) in [6.45, 7) is 5.33. The molecule has 2 heterocycles. The molecule has 1 aromatic heterocycles. The predicted molar refractivity (Wildman–Crippen MR) is 221 cm³/mol. The number of nitrogens with zero attached hydrogens (tertiary/aromatic N) is 4. The molecule has 1 N–H and O–H groups in total. The molecule has 0 saturated carbocycles. The number of aromatic hydroxyl groups is 1. The number of aliphatic imine (C=N–C) groups is 1. The third kappa shape index (κ3) is 5.00. The fraction of sp³-hybridized carbons (Fsp3) is 0.122. The van der Waals surface area contributed by atoms with Gasteiger partial charge < -0.3 is 9.67 Å². The van der Waals surface area contributed by atoms with E-state index in [1.54, 1.807) is 6.07 Å². The molecule has 0 bridgehead atoms. The van der Waals surface area contributed by atoms with Crippen molar-refractivity contribution >= 4 is 27.6 Å². The average molecular weight is 701 g/mol. The molecule has 1 unspecified atom stereocenters. The van der Waals surface area contributed by atoms with Crippen LogP contribution in [0.2, 0.25) is 0 Å². The second-order valence-electron chi connectivity index (χ2n) is 15.1. The van der Waals surface area contributed by atoms with Gasteiger partial charge in [0, 0.05) is 34.4 Å². The highest BCUT2D eigenvalue weighted by Crippen LogP contribution is 2.52. The maximum atomic E-state index is 10.6. The Balaban J connectivity index is 1.09. The normalized spacial score (nSPS) is 16.2. The van der Waals surface area contributed by atoms with Gasteiger partial charge in [0.1, 0.15) is 24.4 Å². The maximum Gasteiger partial charge on any atom is 0.149 e. The lowest BCUT2D eigenvalue weighted by atomic mass is 9.81. The van der Waals surface area contributed by atoms with Crippen LogP contribution < -0.4 is 0 Å². The highest BCUT2D eigenvalue weighted by molar-refractivity contribution is 6.10. The number of para-hydroxylation sites is 2. The summed E-state index contributed by atoms with van der Waals surface area (Å²) in [6.07, 6.45) is -0.125. The molecule has 1 atom stereocenters. The molecule has 10 rings (SSSR count). The molecule has 262 valence electrons. The fourth-order valence-corrected chi connectivity index (χ4v) is 8.77. The van der Waals surface area contributed by atoms with E-state index in [2.05, 4.69) is 175 Å². The Morgan fingerprint density at radius 1 is 0.556 bits per heavy atom. The first-order chi connectivity index (χ1) is 26.4. The number of rotatable bonds is 6. The first kappa shape index (κ1) is 32.2. The van der Waals surface area contributed by atoms with Crippen LogP contribution in [0.4, 0.5) is 0 Å². The summed E-state index contributed by atoms with van der Waals surface area (Å²) < 4.78 is 2.47. The van der Waals surface area contributed by atoms with Crippen molar-refractivity contribution in [3.05, 3.63) is 186 Å². The van der Waals surface area contributed by atoms with Crippen LogP contribution in [0.25, 0.3) is 55.2 Å². The van der Waals surface area contributed by atoms with E-state index in [4.69, 9.17) is 4.99 Å². The monoisotopic (exact) mass is 700 g/mol. The van der Waals surface area contributed by atoms with E-state index in [-0.39, 0.29) is 11.6 Å². The van der Waals surface area contributed by atoms with Gasteiger partial charge in [-0.1, -0.05) is 141 Å². The maximum absolute atomic E-state index is 10.6. The third-order valence-electron chi connectivity index (χ3n) is 11.6. The molecule has 0 saturated heterocycles. The highest BCUT2D eigenvalue weighted by Gasteiger charge is 2.38. The molecule has 5 nitrogen and oxygen atoms in total. The van der Waals surface area contributed by atoms with Crippen LogP contribution in [0.1, 0.15) is 42.3 Å². The molecule has 1 aliphatic carbocycles. The number of hydrogen-bond donors (Lipinski definition) is 1. The minimum absolute atomic E-state index is 0.125. The van der Waals surface area contributed by atoms with Gasteiger partial charge in [0.2, 0.25) is 0 Å². The van der Waals surface area contributed by atoms with Gasteiger partial charge in [-0.05, 0) is 80.9 Å². The van der Waals surface area contributed by atoms with E-state index in [0.717, 1.165) is 28.1 Å². The van der Waals surface area contributed by atoms with Gasteiger partial charge in [0.05, 0.1) is 11.0 Å². The lowest BCUT2D eigenvalue weighted by molar-refractivity contribution is 0.0336. The van der Waals surface area contributed by atoms with Gasteiger partial charge in [-0.2, -0.15) is 5.01 Å². The largest absolute Gasteiger partial charge is 0.507 e. The van der Waals surface area contributed by atoms with Crippen molar-refractivity contribution in [3.8, 4) is 39.1 Å². The third-order valence-corrected chi connectivity index (χ3v) is 11.6. The summed E-state index contributed by atoms with van der Waals surface area (Å²) in [5.74, 6) is 1.25. The zero-order valence-corrected chi connectivity index (χ0v) is 30.6. The molecule has 8 aromatic rings. The molecule has 0 amide bonds. The minimum Gasteiger partial charge on any atom is -0.507 e.